The van der Waals surface area contributed by atoms with Crippen LogP contribution >= 0.6 is 12.4 Å². The molecule has 0 radical (unpaired) electrons. The molecule has 0 bridgehead atoms. The van der Waals surface area contributed by atoms with Crippen molar-refractivity contribution in [2.45, 2.75) is 13.3 Å². The lowest BCUT2D eigenvalue weighted by Gasteiger charge is -2.04. The van der Waals surface area contributed by atoms with Gasteiger partial charge >= 0.3 is 0 Å². The number of benzene rings is 1. The Morgan fingerprint density at radius 2 is 1.92 bits per heavy atom. The predicted molar refractivity (Wildman–Crippen MR) is 47.8 cm³/mol. The maximum Gasteiger partial charge on any atom is 0.264 e. The van der Waals surface area contributed by atoms with E-state index in [9.17, 15) is 8.78 Å². The number of aryl methyl sites for hydroxylation is 1. The van der Waals surface area contributed by atoms with Crippen LogP contribution in [0.4, 0.5) is 14.5 Å². The van der Waals surface area contributed by atoms with Crippen molar-refractivity contribution < 1.29 is 8.78 Å². The molecule has 12 heavy (non-hydrogen) atoms. The van der Waals surface area contributed by atoms with Crippen molar-refractivity contribution in [3.63, 3.8) is 0 Å². The smallest absolute Gasteiger partial charge is 0.264 e. The Morgan fingerprint density at radius 3 is 2.33 bits per heavy atom. The minimum absolute atomic E-state index is 0. The largest absolute Gasteiger partial charge is 0.399 e. The first-order chi connectivity index (χ1) is 5.11. The zero-order valence-corrected chi connectivity index (χ0v) is 7.37. The summed E-state index contributed by atoms with van der Waals surface area (Å²) >= 11 is 0. The Morgan fingerprint density at radius 1 is 1.33 bits per heavy atom. The highest BCUT2D eigenvalue weighted by Crippen LogP contribution is 2.24. The second kappa shape index (κ2) is 4.26. The predicted octanol–water partition coefficient (Wildman–Crippen LogP) is 2.94. The van der Waals surface area contributed by atoms with Gasteiger partial charge in [-0.15, -0.1) is 12.4 Å². The Labute approximate surface area is 76.0 Å². The molecule has 0 fully saturated rings. The van der Waals surface area contributed by atoms with Crippen molar-refractivity contribution in [3.8, 4) is 0 Å². The van der Waals surface area contributed by atoms with E-state index in [1.165, 1.54) is 6.07 Å². The Hall–Kier alpha value is -0.830. The monoisotopic (exact) mass is 193 g/mol. The van der Waals surface area contributed by atoms with E-state index in [1.54, 1.807) is 19.1 Å². The minimum Gasteiger partial charge on any atom is -0.399 e. The summed E-state index contributed by atoms with van der Waals surface area (Å²) in [5, 5.41) is 0. The van der Waals surface area contributed by atoms with Crippen LogP contribution in [0.5, 0.6) is 0 Å². The van der Waals surface area contributed by atoms with Gasteiger partial charge in [-0.25, -0.2) is 8.78 Å². The quantitative estimate of drug-likeness (QED) is 0.682. The van der Waals surface area contributed by atoms with E-state index in [-0.39, 0.29) is 18.0 Å². The number of alkyl halides is 2. The number of hydrogen-bond acceptors (Lipinski definition) is 1. The van der Waals surface area contributed by atoms with Gasteiger partial charge in [0.05, 0.1) is 0 Å². The first-order valence-corrected chi connectivity index (χ1v) is 3.25. The van der Waals surface area contributed by atoms with Crippen LogP contribution in [0.1, 0.15) is 17.6 Å². The summed E-state index contributed by atoms with van der Waals surface area (Å²) in [6, 6.07) is 4.51. The third-order valence-electron chi connectivity index (χ3n) is 1.54. The molecule has 0 saturated heterocycles. The van der Waals surface area contributed by atoms with E-state index in [2.05, 4.69) is 0 Å². The molecule has 0 atom stereocenters. The molecule has 0 spiro atoms. The lowest BCUT2D eigenvalue weighted by atomic mass is 10.1. The van der Waals surface area contributed by atoms with Crippen LogP contribution in [-0.4, -0.2) is 0 Å². The maximum atomic E-state index is 12.2. The molecule has 68 valence electrons. The highest BCUT2D eigenvalue weighted by molar-refractivity contribution is 5.85. The normalized spacial score (nSPS) is 9.67. The van der Waals surface area contributed by atoms with Crippen molar-refractivity contribution in [2.75, 3.05) is 5.73 Å². The number of nitrogens with two attached hydrogens (primary N) is 1. The van der Waals surface area contributed by atoms with Crippen molar-refractivity contribution in [1.82, 2.24) is 0 Å². The second-order valence-corrected chi connectivity index (χ2v) is 2.42. The summed E-state index contributed by atoms with van der Waals surface area (Å²) in [7, 11) is 0. The summed E-state index contributed by atoms with van der Waals surface area (Å²) in [5.74, 6) is 0. The first kappa shape index (κ1) is 11.2. The fourth-order valence-electron chi connectivity index (χ4n) is 0.894. The first-order valence-electron chi connectivity index (χ1n) is 3.25. The van der Waals surface area contributed by atoms with Crippen molar-refractivity contribution in [2.24, 2.45) is 0 Å². The van der Waals surface area contributed by atoms with Crippen LogP contribution < -0.4 is 5.73 Å². The molecule has 1 nitrogen and oxygen atoms in total. The van der Waals surface area contributed by atoms with E-state index in [1.807, 2.05) is 0 Å². The summed E-state index contributed by atoms with van der Waals surface area (Å²) < 4.78 is 24.3. The molecule has 0 aliphatic rings. The molecule has 4 heteroatoms. The number of rotatable bonds is 1. The van der Waals surface area contributed by atoms with Gasteiger partial charge in [0.15, 0.2) is 0 Å². The van der Waals surface area contributed by atoms with E-state index >= 15 is 0 Å². The van der Waals surface area contributed by atoms with Gasteiger partial charge < -0.3 is 5.73 Å². The van der Waals surface area contributed by atoms with Gasteiger partial charge in [-0.3, -0.25) is 0 Å². The molecule has 0 aliphatic heterocycles. The standard InChI is InChI=1S/C8H9F2N.ClH/c1-5-2-3-6(11)4-7(5)8(9)10;/h2-4,8H,11H2,1H3;1H. The van der Waals surface area contributed by atoms with Crippen LogP contribution in [0.15, 0.2) is 18.2 Å². The molecule has 1 rings (SSSR count). The van der Waals surface area contributed by atoms with Gasteiger partial charge in [0.2, 0.25) is 0 Å². The molecule has 0 aromatic heterocycles. The molecular weight excluding hydrogens is 184 g/mol. The number of hydrogen-bond donors (Lipinski definition) is 1. The average molecular weight is 194 g/mol. The third kappa shape index (κ3) is 2.34. The molecule has 0 unspecified atom stereocenters. The van der Waals surface area contributed by atoms with Gasteiger partial charge in [0, 0.05) is 11.3 Å². The van der Waals surface area contributed by atoms with Crippen LogP contribution in [-0.2, 0) is 0 Å². The highest BCUT2D eigenvalue weighted by Gasteiger charge is 2.09. The van der Waals surface area contributed by atoms with Crippen molar-refractivity contribution in [1.29, 1.82) is 0 Å². The highest BCUT2D eigenvalue weighted by atomic mass is 35.5. The summed E-state index contributed by atoms with van der Waals surface area (Å²) in [5.41, 5.74) is 6.31. The summed E-state index contributed by atoms with van der Waals surface area (Å²) in [6.45, 7) is 1.64. The average Bonchev–Trinajstić information content (AvgIpc) is 1.94. The van der Waals surface area contributed by atoms with Crippen LogP contribution in [0.25, 0.3) is 0 Å². The minimum atomic E-state index is -2.43. The molecule has 0 aliphatic carbocycles. The van der Waals surface area contributed by atoms with Gasteiger partial charge in [-0.05, 0) is 24.6 Å². The van der Waals surface area contributed by atoms with Gasteiger partial charge in [0.25, 0.3) is 6.43 Å². The van der Waals surface area contributed by atoms with Gasteiger partial charge in [-0.1, -0.05) is 6.07 Å². The van der Waals surface area contributed by atoms with Gasteiger partial charge in [-0.2, -0.15) is 0 Å². The zero-order valence-electron chi connectivity index (χ0n) is 6.55. The van der Waals surface area contributed by atoms with Crippen LogP contribution in [0.3, 0.4) is 0 Å². The maximum absolute atomic E-state index is 12.2. The Balaban J connectivity index is 0.00000121. The fraction of sp³-hybridized carbons (Fsp3) is 0.250. The lowest BCUT2D eigenvalue weighted by Crippen LogP contribution is -1.92. The topological polar surface area (TPSA) is 26.0 Å². The number of anilines is 1. The SMILES string of the molecule is Cc1ccc(N)cc1C(F)F.Cl. The summed E-state index contributed by atoms with van der Waals surface area (Å²) in [4.78, 5) is 0. The summed E-state index contributed by atoms with van der Waals surface area (Å²) in [6.07, 6.45) is -2.43. The van der Waals surface area contributed by atoms with E-state index in [4.69, 9.17) is 5.73 Å². The molecule has 2 N–H and O–H groups in total. The van der Waals surface area contributed by atoms with Gasteiger partial charge in [0.1, 0.15) is 0 Å². The fourth-order valence-corrected chi connectivity index (χ4v) is 0.894. The van der Waals surface area contributed by atoms with Crippen LogP contribution in [0.2, 0.25) is 0 Å². The lowest BCUT2D eigenvalue weighted by molar-refractivity contribution is 0.150. The van der Waals surface area contributed by atoms with Crippen molar-refractivity contribution >= 4 is 18.1 Å². The molecular formula is C8H10ClF2N. The number of nitrogen functional groups attached to an aromatic ring is 1. The Bertz CT molecular complexity index is 263. The molecule has 0 saturated carbocycles. The number of halogens is 3. The van der Waals surface area contributed by atoms with E-state index in [0.29, 0.717) is 11.3 Å². The van der Waals surface area contributed by atoms with Crippen LogP contribution in [0, 0.1) is 6.92 Å². The molecule has 1 aromatic rings. The second-order valence-electron chi connectivity index (χ2n) is 2.42. The molecule has 0 amide bonds. The van der Waals surface area contributed by atoms with Crippen molar-refractivity contribution in [3.05, 3.63) is 29.3 Å². The molecule has 1 aromatic carbocycles. The Kier molecular flexibility index (Phi) is 3.96. The van der Waals surface area contributed by atoms with E-state index in [0.717, 1.165) is 0 Å². The third-order valence-corrected chi connectivity index (χ3v) is 1.54. The zero-order chi connectivity index (χ0) is 8.43. The molecule has 0 heterocycles. The van der Waals surface area contributed by atoms with E-state index < -0.39 is 6.43 Å².